The van der Waals surface area contributed by atoms with E-state index in [-0.39, 0.29) is 6.04 Å². The average molecular weight is 337 g/mol. The van der Waals surface area contributed by atoms with Crippen LogP contribution in [-0.2, 0) is 10.0 Å². The molecule has 0 unspecified atom stereocenters. The molecule has 4 N–H and O–H groups in total. The minimum atomic E-state index is -3.15. The molecule has 1 aliphatic heterocycles. The van der Waals surface area contributed by atoms with Crippen molar-refractivity contribution in [2.75, 3.05) is 24.7 Å². The van der Waals surface area contributed by atoms with E-state index in [1.165, 1.54) is 16.8 Å². The number of nitrogens with two attached hydrogens (primary N) is 1. The van der Waals surface area contributed by atoms with Crippen LogP contribution in [-0.4, -0.2) is 54.0 Å². The Morgan fingerprint density at radius 3 is 2.74 bits per heavy atom. The van der Waals surface area contributed by atoms with Gasteiger partial charge in [0, 0.05) is 36.9 Å². The molecule has 3 heterocycles. The molecule has 124 valence electrons. The fourth-order valence-corrected chi connectivity index (χ4v) is 3.76. The second-order valence-electron chi connectivity index (χ2n) is 5.73. The summed E-state index contributed by atoms with van der Waals surface area (Å²) in [6.45, 7) is 0.924. The molecule has 0 saturated carbocycles. The lowest BCUT2D eigenvalue weighted by Crippen LogP contribution is -2.42. The third kappa shape index (κ3) is 3.15. The van der Waals surface area contributed by atoms with Gasteiger partial charge in [-0.15, -0.1) is 0 Å². The van der Waals surface area contributed by atoms with E-state index in [1.54, 1.807) is 6.20 Å². The SMILES string of the molecule is CS(=O)(=O)N1CCC(Nc2c(C(N)=O)cnc3[nH]ccc23)CC1. The lowest BCUT2D eigenvalue weighted by atomic mass is 10.0. The third-order valence-electron chi connectivity index (χ3n) is 4.12. The van der Waals surface area contributed by atoms with Gasteiger partial charge in [-0.25, -0.2) is 17.7 Å². The number of nitrogens with one attached hydrogen (secondary N) is 2. The van der Waals surface area contributed by atoms with Crippen LogP contribution in [0.15, 0.2) is 18.5 Å². The average Bonchev–Trinajstić information content (AvgIpc) is 2.95. The summed E-state index contributed by atoms with van der Waals surface area (Å²) in [4.78, 5) is 18.8. The highest BCUT2D eigenvalue weighted by atomic mass is 32.2. The molecule has 0 bridgehead atoms. The Bertz CT molecular complexity index is 837. The van der Waals surface area contributed by atoms with E-state index in [9.17, 15) is 13.2 Å². The summed E-state index contributed by atoms with van der Waals surface area (Å²) >= 11 is 0. The Hall–Kier alpha value is -2.13. The summed E-state index contributed by atoms with van der Waals surface area (Å²) < 4.78 is 24.6. The maximum absolute atomic E-state index is 11.7. The van der Waals surface area contributed by atoms with Crippen LogP contribution >= 0.6 is 0 Å². The number of fused-ring (bicyclic) bond motifs is 1. The van der Waals surface area contributed by atoms with Crippen LogP contribution in [0.3, 0.4) is 0 Å². The molecule has 1 saturated heterocycles. The maximum Gasteiger partial charge on any atom is 0.252 e. The molecule has 0 aliphatic carbocycles. The Morgan fingerprint density at radius 1 is 1.43 bits per heavy atom. The molecule has 8 nitrogen and oxygen atoms in total. The molecule has 0 radical (unpaired) electrons. The Kier molecular flexibility index (Phi) is 3.99. The van der Waals surface area contributed by atoms with Crippen LogP contribution < -0.4 is 11.1 Å². The van der Waals surface area contributed by atoms with Crippen molar-refractivity contribution in [3.8, 4) is 0 Å². The first-order valence-corrected chi connectivity index (χ1v) is 9.18. The summed E-state index contributed by atoms with van der Waals surface area (Å²) in [5.41, 5.74) is 7.10. The number of hydrogen-bond donors (Lipinski definition) is 3. The highest BCUT2D eigenvalue weighted by Gasteiger charge is 2.26. The zero-order valence-electron chi connectivity index (χ0n) is 12.7. The standard InChI is InChI=1S/C14H19N5O3S/c1-23(21,22)19-6-3-9(4-7-19)18-12-10-2-5-16-14(10)17-8-11(12)13(15)20/h2,5,8-9H,3-4,6-7H2,1H3,(H2,15,20)(H2,16,17,18). The molecule has 0 atom stereocenters. The van der Waals surface area contributed by atoms with Gasteiger partial charge in [0.05, 0.1) is 17.5 Å². The Balaban J connectivity index is 1.83. The molecule has 9 heteroatoms. The minimum absolute atomic E-state index is 0.0756. The van der Waals surface area contributed by atoms with Gasteiger partial charge in [0.2, 0.25) is 10.0 Å². The second-order valence-corrected chi connectivity index (χ2v) is 7.71. The van der Waals surface area contributed by atoms with Gasteiger partial charge < -0.3 is 16.0 Å². The number of H-pyrrole nitrogens is 1. The highest BCUT2D eigenvalue weighted by Crippen LogP contribution is 2.28. The number of pyridine rings is 1. The van der Waals surface area contributed by atoms with E-state index in [0.717, 1.165) is 5.39 Å². The van der Waals surface area contributed by atoms with Crippen molar-refractivity contribution in [3.05, 3.63) is 24.0 Å². The number of primary amides is 1. The lowest BCUT2D eigenvalue weighted by molar-refractivity contribution is 0.100. The van der Waals surface area contributed by atoms with Gasteiger partial charge in [0.25, 0.3) is 5.91 Å². The van der Waals surface area contributed by atoms with Crippen molar-refractivity contribution >= 4 is 32.7 Å². The first kappa shape index (κ1) is 15.8. The first-order valence-electron chi connectivity index (χ1n) is 7.34. The molecular weight excluding hydrogens is 318 g/mol. The summed E-state index contributed by atoms with van der Waals surface area (Å²) in [5, 5.41) is 4.15. The predicted octanol–water partition coefficient (Wildman–Crippen LogP) is 0.498. The van der Waals surface area contributed by atoms with E-state index in [1.807, 2.05) is 6.07 Å². The van der Waals surface area contributed by atoms with Crippen molar-refractivity contribution in [3.63, 3.8) is 0 Å². The normalized spacial score (nSPS) is 17.4. The lowest BCUT2D eigenvalue weighted by Gasteiger charge is -2.31. The molecule has 1 amide bonds. The number of rotatable bonds is 4. The Labute approximate surface area is 134 Å². The van der Waals surface area contributed by atoms with E-state index in [0.29, 0.717) is 42.8 Å². The van der Waals surface area contributed by atoms with E-state index in [2.05, 4.69) is 15.3 Å². The molecule has 0 spiro atoms. The van der Waals surface area contributed by atoms with Crippen LogP contribution in [0.1, 0.15) is 23.2 Å². The molecule has 2 aromatic rings. The second kappa shape index (κ2) is 5.82. The van der Waals surface area contributed by atoms with Crippen LogP contribution in [0.25, 0.3) is 11.0 Å². The molecule has 1 aliphatic rings. The molecule has 23 heavy (non-hydrogen) atoms. The van der Waals surface area contributed by atoms with Crippen LogP contribution in [0.5, 0.6) is 0 Å². The molecule has 1 fully saturated rings. The predicted molar refractivity (Wildman–Crippen MR) is 87.7 cm³/mol. The number of carbonyl (C=O) groups is 1. The molecular formula is C14H19N5O3S. The molecule has 0 aromatic carbocycles. The van der Waals surface area contributed by atoms with Gasteiger partial charge in [0.15, 0.2) is 0 Å². The van der Waals surface area contributed by atoms with E-state index in [4.69, 9.17) is 5.73 Å². The number of carbonyl (C=O) groups excluding carboxylic acids is 1. The zero-order valence-corrected chi connectivity index (χ0v) is 13.6. The first-order chi connectivity index (χ1) is 10.9. The van der Waals surface area contributed by atoms with Crippen molar-refractivity contribution in [2.24, 2.45) is 5.73 Å². The number of piperidine rings is 1. The van der Waals surface area contributed by atoms with E-state index < -0.39 is 15.9 Å². The van der Waals surface area contributed by atoms with Crippen molar-refractivity contribution in [1.82, 2.24) is 14.3 Å². The smallest absolute Gasteiger partial charge is 0.252 e. The van der Waals surface area contributed by atoms with Crippen LogP contribution in [0.2, 0.25) is 0 Å². The molecule has 3 rings (SSSR count). The number of anilines is 1. The fourth-order valence-electron chi connectivity index (χ4n) is 2.89. The van der Waals surface area contributed by atoms with Gasteiger partial charge in [-0.3, -0.25) is 4.79 Å². The van der Waals surface area contributed by atoms with Gasteiger partial charge in [0.1, 0.15) is 5.65 Å². The number of aromatic amines is 1. The van der Waals surface area contributed by atoms with Crippen molar-refractivity contribution < 1.29 is 13.2 Å². The summed E-state index contributed by atoms with van der Waals surface area (Å²) in [7, 11) is -3.15. The van der Waals surface area contributed by atoms with E-state index >= 15 is 0 Å². The number of aromatic nitrogens is 2. The van der Waals surface area contributed by atoms with Gasteiger partial charge in [-0.1, -0.05) is 0 Å². The summed E-state index contributed by atoms with van der Waals surface area (Å²) in [6, 6.07) is 1.91. The van der Waals surface area contributed by atoms with Gasteiger partial charge in [-0.05, 0) is 18.9 Å². The number of amides is 1. The van der Waals surface area contributed by atoms with Gasteiger partial charge >= 0.3 is 0 Å². The largest absolute Gasteiger partial charge is 0.381 e. The number of nitrogens with zero attached hydrogens (tertiary/aromatic N) is 2. The minimum Gasteiger partial charge on any atom is -0.381 e. The quantitative estimate of drug-likeness (QED) is 0.750. The third-order valence-corrected chi connectivity index (χ3v) is 5.43. The van der Waals surface area contributed by atoms with Crippen molar-refractivity contribution in [2.45, 2.75) is 18.9 Å². The number of hydrogen-bond acceptors (Lipinski definition) is 5. The molecule has 2 aromatic heterocycles. The summed E-state index contributed by atoms with van der Waals surface area (Å²) in [5.74, 6) is -0.545. The number of sulfonamides is 1. The monoisotopic (exact) mass is 337 g/mol. The van der Waals surface area contributed by atoms with Crippen LogP contribution in [0, 0.1) is 0 Å². The Morgan fingerprint density at radius 2 is 2.13 bits per heavy atom. The van der Waals surface area contributed by atoms with Crippen molar-refractivity contribution in [1.29, 1.82) is 0 Å². The van der Waals surface area contributed by atoms with Crippen LogP contribution in [0.4, 0.5) is 5.69 Å². The zero-order chi connectivity index (χ0) is 16.6. The topological polar surface area (TPSA) is 121 Å². The van der Waals surface area contributed by atoms with Gasteiger partial charge in [-0.2, -0.15) is 0 Å². The fraction of sp³-hybridized carbons (Fsp3) is 0.429. The summed E-state index contributed by atoms with van der Waals surface area (Å²) in [6.07, 6.45) is 5.76. The highest BCUT2D eigenvalue weighted by molar-refractivity contribution is 7.88. The maximum atomic E-state index is 11.7.